The quantitative estimate of drug-likeness (QED) is 0.835. The average Bonchev–Trinajstić information content (AvgIpc) is 2.21. The van der Waals surface area contributed by atoms with E-state index in [1.165, 1.54) is 6.07 Å². The highest BCUT2D eigenvalue weighted by atomic mass is 19.1. The highest BCUT2D eigenvalue weighted by Gasteiger charge is 2.04. The van der Waals surface area contributed by atoms with Gasteiger partial charge in [0.25, 0.3) is 0 Å². The Balaban J connectivity index is 2.31. The Bertz CT molecular complexity index is 534. The van der Waals surface area contributed by atoms with Crippen LogP contribution < -0.4 is 11.1 Å². The minimum Gasteiger partial charge on any atom is -0.368 e. The van der Waals surface area contributed by atoms with Gasteiger partial charge in [0.1, 0.15) is 11.6 Å². The normalized spacial score (nSPS) is 10.3. The van der Waals surface area contributed by atoms with Gasteiger partial charge < -0.3 is 11.1 Å². The number of anilines is 3. The minimum atomic E-state index is -0.320. The standard InChI is InChI=1S/C12H13FN4/c1-7-3-4-10(9(13)5-7)16-11-6-8(2)15-12(14)17-11/h3-6H,1-2H3,(H3,14,15,16,17). The summed E-state index contributed by atoms with van der Waals surface area (Å²) in [5.41, 5.74) is 7.48. The van der Waals surface area contributed by atoms with E-state index in [0.717, 1.165) is 11.3 Å². The van der Waals surface area contributed by atoms with Crippen molar-refractivity contribution in [1.29, 1.82) is 0 Å². The van der Waals surface area contributed by atoms with Crippen molar-refractivity contribution in [2.75, 3.05) is 11.1 Å². The first kappa shape index (κ1) is 11.3. The van der Waals surface area contributed by atoms with E-state index in [1.54, 1.807) is 19.1 Å². The molecule has 0 spiro atoms. The van der Waals surface area contributed by atoms with E-state index < -0.39 is 0 Å². The Kier molecular flexibility index (Phi) is 2.91. The maximum atomic E-state index is 13.6. The van der Waals surface area contributed by atoms with Crippen molar-refractivity contribution in [2.24, 2.45) is 0 Å². The molecular formula is C12H13FN4. The van der Waals surface area contributed by atoms with E-state index >= 15 is 0 Å². The molecule has 17 heavy (non-hydrogen) atoms. The summed E-state index contributed by atoms with van der Waals surface area (Å²) >= 11 is 0. The van der Waals surface area contributed by atoms with Crippen LogP contribution in [0.5, 0.6) is 0 Å². The lowest BCUT2D eigenvalue weighted by Crippen LogP contribution is -2.02. The molecule has 2 rings (SSSR count). The maximum Gasteiger partial charge on any atom is 0.222 e. The van der Waals surface area contributed by atoms with Crippen molar-refractivity contribution < 1.29 is 4.39 Å². The van der Waals surface area contributed by atoms with Gasteiger partial charge in [-0.2, -0.15) is 4.98 Å². The number of nitrogen functional groups attached to an aromatic ring is 1. The van der Waals surface area contributed by atoms with Crippen LogP contribution in [0.3, 0.4) is 0 Å². The number of halogens is 1. The molecule has 1 aromatic carbocycles. The van der Waals surface area contributed by atoms with E-state index in [4.69, 9.17) is 5.73 Å². The molecule has 2 aromatic rings. The van der Waals surface area contributed by atoms with Crippen LogP contribution in [0.4, 0.5) is 21.8 Å². The van der Waals surface area contributed by atoms with Crippen molar-refractivity contribution in [3.8, 4) is 0 Å². The molecule has 0 saturated heterocycles. The van der Waals surface area contributed by atoms with E-state index in [9.17, 15) is 4.39 Å². The van der Waals surface area contributed by atoms with Crippen LogP contribution in [0.15, 0.2) is 24.3 Å². The molecule has 3 N–H and O–H groups in total. The van der Waals surface area contributed by atoms with Gasteiger partial charge in [0, 0.05) is 11.8 Å². The van der Waals surface area contributed by atoms with Gasteiger partial charge in [-0.05, 0) is 31.5 Å². The molecule has 1 aromatic heterocycles. The monoisotopic (exact) mass is 232 g/mol. The topological polar surface area (TPSA) is 63.8 Å². The fraction of sp³-hybridized carbons (Fsp3) is 0.167. The Hall–Kier alpha value is -2.17. The highest BCUT2D eigenvalue weighted by molar-refractivity contribution is 5.58. The molecule has 0 aliphatic carbocycles. The summed E-state index contributed by atoms with van der Waals surface area (Å²) in [5, 5.41) is 2.87. The molecule has 5 heteroatoms. The lowest BCUT2D eigenvalue weighted by atomic mass is 10.2. The second kappa shape index (κ2) is 4.37. The number of hydrogen-bond donors (Lipinski definition) is 2. The van der Waals surface area contributed by atoms with Gasteiger partial charge in [0.2, 0.25) is 5.95 Å². The summed E-state index contributed by atoms with van der Waals surface area (Å²) < 4.78 is 13.6. The van der Waals surface area contributed by atoms with Crippen LogP contribution in [0.25, 0.3) is 0 Å². The van der Waals surface area contributed by atoms with Gasteiger partial charge in [-0.25, -0.2) is 9.37 Å². The number of rotatable bonds is 2. The first-order valence-corrected chi connectivity index (χ1v) is 5.19. The molecule has 0 unspecified atom stereocenters. The van der Waals surface area contributed by atoms with Gasteiger partial charge in [-0.3, -0.25) is 0 Å². The molecule has 0 bridgehead atoms. The second-order valence-corrected chi connectivity index (χ2v) is 3.86. The largest absolute Gasteiger partial charge is 0.368 e. The molecule has 0 radical (unpaired) electrons. The SMILES string of the molecule is Cc1ccc(Nc2cc(C)nc(N)n2)c(F)c1. The fourth-order valence-electron chi connectivity index (χ4n) is 1.52. The molecule has 0 saturated carbocycles. The Morgan fingerprint density at radius 3 is 2.59 bits per heavy atom. The molecule has 0 fully saturated rings. The summed E-state index contributed by atoms with van der Waals surface area (Å²) in [6.07, 6.45) is 0. The highest BCUT2D eigenvalue weighted by Crippen LogP contribution is 2.20. The lowest BCUT2D eigenvalue weighted by Gasteiger charge is -2.08. The third-order valence-electron chi connectivity index (χ3n) is 2.26. The third-order valence-corrected chi connectivity index (χ3v) is 2.26. The molecule has 0 amide bonds. The van der Waals surface area contributed by atoms with Gasteiger partial charge in [-0.15, -0.1) is 0 Å². The van der Waals surface area contributed by atoms with Crippen molar-refractivity contribution in [1.82, 2.24) is 9.97 Å². The van der Waals surface area contributed by atoms with Gasteiger partial charge in [0.05, 0.1) is 5.69 Å². The van der Waals surface area contributed by atoms with Gasteiger partial charge in [-0.1, -0.05) is 6.07 Å². The predicted molar refractivity (Wildman–Crippen MR) is 65.6 cm³/mol. The van der Waals surface area contributed by atoms with Crippen LogP contribution >= 0.6 is 0 Å². The molecule has 0 aliphatic heterocycles. The fourth-order valence-corrected chi connectivity index (χ4v) is 1.52. The second-order valence-electron chi connectivity index (χ2n) is 3.86. The predicted octanol–water partition coefficient (Wildman–Crippen LogP) is 2.56. The summed E-state index contributed by atoms with van der Waals surface area (Å²) in [6.45, 7) is 3.63. The molecular weight excluding hydrogens is 219 g/mol. The summed E-state index contributed by atoms with van der Waals surface area (Å²) in [6, 6.07) is 6.65. The number of aryl methyl sites for hydroxylation is 2. The van der Waals surface area contributed by atoms with E-state index in [2.05, 4.69) is 15.3 Å². The zero-order valence-corrected chi connectivity index (χ0v) is 9.66. The van der Waals surface area contributed by atoms with Crippen LogP contribution in [-0.2, 0) is 0 Å². The number of nitrogens with two attached hydrogens (primary N) is 1. The zero-order chi connectivity index (χ0) is 12.4. The average molecular weight is 232 g/mol. The smallest absolute Gasteiger partial charge is 0.222 e. The first-order chi connectivity index (χ1) is 8.04. The molecule has 1 heterocycles. The van der Waals surface area contributed by atoms with Crippen LogP contribution in [-0.4, -0.2) is 9.97 Å². The number of nitrogens with zero attached hydrogens (tertiary/aromatic N) is 2. The van der Waals surface area contributed by atoms with Crippen LogP contribution in [0.1, 0.15) is 11.3 Å². The van der Waals surface area contributed by atoms with E-state index in [-0.39, 0.29) is 11.8 Å². The Morgan fingerprint density at radius 2 is 1.94 bits per heavy atom. The summed E-state index contributed by atoms with van der Waals surface area (Å²) in [7, 11) is 0. The van der Waals surface area contributed by atoms with Gasteiger partial charge >= 0.3 is 0 Å². The summed E-state index contributed by atoms with van der Waals surface area (Å²) in [4.78, 5) is 7.93. The van der Waals surface area contributed by atoms with Crippen molar-refractivity contribution in [3.63, 3.8) is 0 Å². The minimum absolute atomic E-state index is 0.167. The van der Waals surface area contributed by atoms with Gasteiger partial charge in [0.15, 0.2) is 0 Å². The van der Waals surface area contributed by atoms with Crippen molar-refractivity contribution in [3.05, 3.63) is 41.3 Å². The Labute approximate surface area is 98.7 Å². The molecule has 88 valence electrons. The lowest BCUT2D eigenvalue weighted by molar-refractivity contribution is 0.630. The first-order valence-electron chi connectivity index (χ1n) is 5.19. The van der Waals surface area contributed by atoms with Crippen molar-refractivity contribution >= 4 is 17.5 Å². The number of aromatic nitrogens is 2. The van der Waals surface area contributed by atoms with E-state index in [1.807, 2.05) is 13.0 Å². The number of hydrogen-bond acceptors (Lipinski definition) is 4. The number of benzene rings is 1. The van der Waals surface area contributed by atoms with Crippen LogP contribution in [0, 0.1) is 19.7 Å². The molecule has 4 nitrogen and oxygen atoms in total. The van der Waals surface area contributed by atoms with E-state index in [0.29, 0.717) is 11.5 Å². The Morgan fingerprint density at radius 1 is 1.18 bits per heavy atom. The molecule has 0 aliphatic rings. The van der Waals surface area contributed by atoms with Crippen molar-refractivity contribution in [2.45, 2.75) is 13.8 Å². The zero-order valence-electron chi connectivity index (χ0n) is 9.66. The number of nitrogens with one attached hydrogen (secondary N) is 1. The van der Waals surface area contributed by atoms with Crippen LogP contribution in [0.2, 0.25) is 0 Å². The third kappa shape index (κ3) is 2.69. The maximum absolute atomic E-state index is 13.6. The summed E-state index contributed by atoms with van der Waals surface area (Å²) in [5.74, 6) is 0.331. The molecule has 0 atom stereocenters.